The first kappa shape index (κ1) is 24.8. The molecular formula is C15H17Cl2F6N3. The molecular weight excluding hydrogens is 407 g/mol. The number of alkyl halides is 6. The smallest absolute Gasteiger partial charge is 0.314 e. The maximum atomic E-state index is 13.3. The molecule has 1 fully saturated rings. The van der Waals surface area contributed by atoms with Gasteiger partial charge >= 0.3 is 12.4 Å². The lowest BCUT2D eigenvalue weighted by Gasteiger charge is -2.35. The van der Waals surface area contributed by atoms with E-state index in [1.807, 2.05) is 6.07 Å². The molecule has 148 valence electrons. The van der Waals surface area contributed by atoms with Crippen molar-refractivity contribution in [3.63, 3.8) is 0 Å². The van der Waals surface area contributed by atoms with Crippen LogP contribution in [-0.2, 0) is 12.4 Å². The lowest BCUT2D eigenvalue weighted by molar-refractivity contribution is -0.143. The molecule has 3 nitrogen and oxygen atoms in total. The molecule has 1 N–H and O–H groups in total. The maximum absolute atomic E-state index is 13.3. The minimum atomic E-state index is -4.93. The van der Waals surface area contributed by atoms with Gasteiger partial charge in [-0.15, -0.1) is 24.8 Å². The predicted octanol–water partition coefficient (Wildman–Crippen LogP) is 4.43. The maximum Gasteiger partial charge on any atom is 0.416 e. The Kier molecular flexibility index (Phi) is 9.20. The fourth-order valence-electron chi connectivity index (χ4n) is 2.78. The molecule has 0 aromatic heterocycles. The number of hydrogen-bond acceptors (Lipinski definition) is 3. The summed E-state index contributed by atoms with van der Waals surface area (Å²) in [5, 5.41) is 12.0. The van der Waals surface area contributed by atoms with Gasteiger partial charge in [0.1, 0.15) is 0 Å². The minimum Gasteiger partial charge on any atom is -0.314 e. The summed E-state index contributed by atoms with van der Waals surface area (Å²) >= 11 is 0. The molecule has 1 aliphatic heterocycles. The van der Waals surface area contributed by atoms with E-state index in [2.05, 4.69) is 5.32 Å². The number of rotatable bonds is 3. The number of piperazine rings is 1. The van der Waals surface area contributed by atoms with Crippen molar-refractivity contribution in [1.82, 2.24) is 10.2 Å². The van der Waals surface area contributed by atoms with Gasteiger partial charge in [-0.2, -0.15) is 31.6 Å². The molecule has 26 heavy (non-hydrogen) atoms. The quantitative estimate of drug-likeness (QED) is 0.731. The summed E-state index contributed by atoms with van der Waals surface area (Å²) in [4.78, 5) is 1.69. The molecule has 2 rings (SSSR count). The Morgan fingerprint density at radius 3 is 2.08 bits per heavy atom. The van der Waals surface area contributed by atoms with E-state index in [1.165, 1.54) is 0 Å². The summed E-state index contributed by atoms with van der Waals surface area (Å²) in [7, 11) is 0. The second-order valence-electron chi connectivity index (χ2n) is 5.46. The average molecular weight is 424 g/mol. The predicted molar refractivity (Wildman–Crippen MR) is 88.4 cm³/mol. The van der Waals surface area contributed by atoms with Crippen molar-refractivity contribution in [2.45, 2.75) is 24.8 Å². The highest BCUT2D eigenvalue weighted by Gasteiger charge is 2.40. The Hall–Kier alpha value is -1.21. The highest BCUT2D eigenvalue weighted by atomic mass is 35.5. The molecule has 0 amide bonds. The largest absolute Gasteiger partial charge is 0.416 e. The van der Waals surface area contributed by atoms with Crippen LogP contribution in [0.4, 0.5) is 26.3 Å². The zero-order chi connectivity index (χ0) is 18.0. The Morgan fingerprint density at radius 2 is 1.62 bits per heavy atom. The van der Waals surface area contributed by atoms with Crippen molar-refractivity contribution in [3.8, 4) is 6.07 Å². The van der Waals surface area contributed by atoms with Gasteiger partial charge in [-0.05, 0) is 17.7 Å². The van der Waals surface area contributed by atoms with Crippen molar-refractivity contribution in [2.24, 2.45) is 0 Å². The minimum absolute atomic E-state index is 0. The van der Waals surface area contributed by atoms with Gasteiger partial charge in [0.05, 0.1) is 23.6 Å². The van der Waals surface area contributed by atoms with Crippen LogP contribution in [0.15, 0.2) is 18.2 Å². The molecule has 0 aliphatic carbocycles. The first-order valence-electron chi connectivity index (χ1n) is 7.24. The Morgan fingerprint density at radius 1 is 1.04 bits per heavy atom. The topological polar surface area (TPSA) is 39.1 Å². The third-order valence-electron chi connectivity index (χ3n) is 3.92. The number of hydrogen-bond donors (Lipinski definition) is 1. The first-order valence-corrected chi connectivity index (χ1v) is 7.24. The van der Waals surface area contributed by atoms with Crippen molar-refractivity contribution in [3.05, 3.63) is 34.9 Å². The van der Waals surface area contributed by atoms with Crippen LogP contribution in [0.5, 0.6) is 0 Å². The van der Waals surface area contributed by atoms with Crippen LogP contribution < -0.4 is 5.32 Å². The Balaban J connectivity index is 0.00000312. The molecule has 0 spiro atoms. The number of nitrogens with one attached hydrogen (secondary N) is 1. The Bertz CT molecular complexity index is 621. The van der Waals surface area contributed by atoms with Crippen molar-refractivity contribution >= 4 is 24.8 Å². The van der Waals surface area contributed by atoms with E-state index in [9.17, 15) is 26.3 Å². The summed E-state index contributed by atoms with van der Waals surface area (Å²) in [5.74, 6) is 0. The number of halogens is 8. The number of nitrogens with zero attached hydrogens (tertiary/aromatic N) is 2. The molecule has 1 heterocycles. The van der Waals surface area contributed by atoms with Crippen LogP contribution in [0.1, 0.15) is 29.2 Å². The first-order chi connectivity index (χ1) is 11.1. The lowest BCUT2D eigenvalue weighted by atomic mass is 9.94. The number of nitriles is 1. The van der Waals surface area contributed by atoms with Gasteiger partial charge < -0.3 is 5.32 Å². The van der Waals surface area contributed by atoms with E-state index < -0.39 is 29.5 Å². The summed E-state index contributed by atoms with van der Waals surface area (Å²) in [5.41, 5.74) is -2.98. The molecule has 0 bridgehead atoms. The van der Waals surface area contributed by atoms with E-state index in [1.54, 1.807) is 4.90 Å². The van der Waals surface area contributed by atoms with Gasteiger partial charge in [0, 0.05) is 32.2 Å². The highest BCUT2D eigenvalue weighted by molar-refractivity contribution is 5.85. The van der Waals surface area contributed by atoms with Crippen LogP contribution in [0.2, 0.25) is 0 Å². The molecule has 1 saturated heterocycles. The molecule has 0 saturated carbocycles. The van der Waals surface area contributed by atoms with Gasteiger partial charge in [0.2, 0.25) is 0 Å². The van der Waals surface area contributed by atoms with Gasteiger partial charge in [0.15, 0.2) is 0 Å². The monoisotopic (exact) mass is 423 g/mol. The van der Waals surface area contributed by atoms with Gasteiger partial charge in [-0.3, -0.25) is 4.90 Å². The van der Waals surface area contributed by atoms with Crippen LogP contribution >= 0.6 is 24.8 Å². The van der Waals surface area contributed by atoms with E-state index in [4.69, 9.17) is 5.26 Å². The molecule has 0 unspecified atom stereocenters. The van der Waals surface area contributed by atoms with Crippen molar-refractivity contribution in [1.29, 1.82) is 5.26 Å². The lowest BCUT2D eigenvalue weighted by Crippen LogP contribution is -2.45. The van der Waals surface area contributed by atoms with E-state index in [0.29, 0.717) is 32.2 Å². The van der Waals surface area contributed by atoms with Crippen molar-refractivity contribution < 1.29 is 26.3 Å². The van der Waals surface area contributed by atoms with Gasteiger partial charge in [0.25, 0.3) is 0 Å². The normalized spacial score (nSPS) is 16.8. The van der Waals surface area contributed by atoms with E-state index in [0.717, 1.165) is 6.07 Å². The molecule has 1 aliphatic rings. The fourth-order valence-corrected chi connectivity index (χ4v) is 2.78. The molecule has 1 aromatic rings. The van der Waals surface area contributed by atoms with Crippen LogP contribution in [-0.4, -0.2) is 31.1 Å². The van der Waals surface area contributed by atoms with Gasteiger partial charge in [-0.1, -0.05) is 6.07 Å². The fraction of sp³-hybridized carbons (Fsp3) is 0.533. The molecule has 1 atom stereocenters. The molecule has 0 radical (unpaired) electrons. The summed E-state index contributed by atoms with van der Waals surface area (Å²) < 4.78 is 78.2. The highest BCUT2D eigenvalue weighted by Crippen LogP contribution is 2.41. The summed E-state index contributed by atoms with van der Waals surface area (Å²) in [6, 6.07) is 2.55. The van der Waals surface area contributed by atoms with Gasteiger partial charge in [-0.25, -0.2) is 0 Å². The standard InChI is InChI=1S/C15H15F6N3.2ClH/c16-14(17,18)10-1-2-11(12(9-10)15(19,20)21)13(3-4-22)24-7-5-23-6-8-24;;/h1-2,9,13,23H,3,5-8H2;2*1H/t13-;;/m1../s1. The third-order valence-corrected chi connectivity index (χ3v) is 3.92. The van der Waals surface area contributed by atoms with Crippen LogP contribution in [0, 0.1) is 11.3 Å². The zero-order valence-electron chi connectivity index (χ0n) is 13.3. The molecule has 1 aromatic carbocycles. The SMILES string of the molecule is Cl.Cl.N#CC[C@H](c1ccc(C(F)(F)F)cc1C(F)(F)F)N1CCNCC1. The second kappa shape index (κ2) is 9.65. The van der Waals surface area contributed by atoms with Crippen molar-refractivity contribution in [2.75, 3.05) is 26.2 Å². The average Bonchev–Trinajstić information content (AvgIpc) is 2.51. The van der Waals surface area contributed by atoms with E-state index in [-0.39, 0.29) is 42.9 Å². The summed E-state index contributed by atoms with van der Waals surface area (Å²) in [6.07, 6.45) is -10.0. The Labute approximate surface area is 159 Å². The number of benzene rings is 1. The third kappa shape index (κ3) is 5.91. The zero-order valence-corrected chi connectivity index (χ0v) is 15.0. The van der Waals surface area contributed by atoms with Crippen LogP contribution in [0.3, 0.4) is 0 Å². The van der Waals surface area contributed by atoms with Crippen LogP contribution in [0.25, 0.3) is 0 Å². The van der Waals surface area contributed by atoms with E-state index >= 15 is 0 Å². The second-order valence-corrected chi connectivity index (χ2v) is 5.46. The summed E-state index contributed by atoms with van der Waals surface area (Å²) in [6.45, 7) is 1.93. The molecule has 11 heteroatoms.